The van der Waals surface area contributed by atoms with Crippen molar-refractivity contribution < 1.29 is 13.2 Å². The zero-order valence-electron chi connectivity index (χ0n) is 10.9. The monoisotopic (exact) mass is 353 g/mol. The molecular weight excluding hydrogens is 342 g/mol. The van der Waals surface area contributed by atoms with Crippen molar-refractivity contribution in [2.24, 2.45) is 4.40 Å². The molecule has 1 aromatic carbocycles. The molecule has 0 aliphatic heterocycles. The first kappa shape index (κ1) is 14.9. The number of sulfonamides is 1. The van der Waals surface area contributed by atoms with Gasteiger partial charge in [0.2, 0.25) is 0 Å². The average Bonchev–Trinajstić information content (AvgIpc) is 2.42. The van der Waals surface area contributed by atoms with Crippen molar-refractivity contribution >= 4 is 37.4 Å². The van der Waals surface area contributed by atoms with Crippen LogP contribution in [-0.4, -0.2) is 19.9 Å². The fraction of sp³-hybridized carbons (Fsp3) is 0.143. The minimum Gasteiger partial charge on any atom is -0.289 e. The van der Waals surface area contributed by atoms with Gasteiger partial charge in [-0.05, 0) is 59.1 Å². The van der Waals surface area contributed by atoms with Crippen molar-refractivity contribution in [3.8, 4) is 0 Å². The summed E-state index contributed by atoms with van der Waals surface area (Å²) < 4.78 is 28.7. The summed E-state index contributed by atoms with van der Waals surface area (Å²) in [6.07, 6.45) is 1.37. The summed E-state index contributed by atoms with van der Waals surface area (Å²) in [5.41, 5.74) is 1.37. The van der Waals surface area contributed by atoms with Crippen molar-refractivity contribution in [2.75, 3.05) is 0 Å². The first-order chi connectivity index (χ1) is 9.33. The maximum atomic E-state index is 12.2. The summed E-state index contributed by atoms with van der Waals surface area (Å²) in [6.45, 7) is 3.33. The first-order valence-corrected chi connectivity index (χ1v) is 8.06. The zero-order chi connectivity index (χ0) is 14.9. The minimum absolute atomic E-state index is 0.126. The lowest BCUT2D eigenvalue weighted by molar-refractivity contribution is -0.110. The van der Waals surface area contributed by atoms with Crippen LogP contribution in [-0.2, 0) is 14.8 Å². The van der Waals surface area contributed by atoms with E-state index in [0.29, 0.717) is 21.3 Å². The minimum atomic E-state index is -3.79. The van der Waals surface area contributed by atoms with Crippen LogP contribution in [0.5, 0.6) is 0 Å². The Morgan fingerprint density at radius 2 is 1.70 bits per heavy atom. The van der Waals surface area contributed by atoms with E-state index in [-0.39, 0.29) is 10.7 Å². The van der Waals surface area contributed by atoms with Gasteiger partial charge in [0.1, 0.15) is 0 Å². The molecule has 0 aromatic heterocycles. The Morgan fingerprint density at radius 3 is 2.30 bits per heavy atom. The largest absolute Gasteiger partial charge is 0.289 e. The molecule has 20 heavy (non-hydrogen) atoms. The number of carbonyl (C=O) groups is 1. The van der Waals surface area contributed by atoms with Crippen LogP contribution in [0.2, 0.25) is 0 Å². The van der Waals surface area contributed by atoms with E-state index in [0.717, 1.165) is 0 Å². The number of halogens is 1. The summed E-state index contributed by atoms with van der Waals surface area (Å²) in [7, 11) is -3.79. The summed E-state index contributed by atoms with van der Waals surface area (Å²) in [5.74, 6) is -0.184. The van der Waals surface area contributed by atoms with Crippen LogP contribution < -0.4 is 0 Å². The summed E-state index contributed by atoms with van der Waals surface area (Å²) in [4.78, 5) is 11.7. The van der Waals surface area contributed by atoms with Crippen LogP contribution in [0.1, 0.15) is 13.8 Å². The second-order valence-electron chi connectivity index (χ2n) is 4.36. The molecule has 2 rings (SSSR count). The number of hydrogen-bond donors (Lipinski definition) is 0. The molecule has 104 valence electrons. The Kier molecular flexibility index (Phi) is 4.06. The molecule has 1 aliphatic rings. The maximum absolute atomic E-state index is 12.2. The fourth-order valence-corrected chi connectivity index (χ4v) is 3.25. The molecule has 0 saturated heterocycles. The van der Waals surface area contributed by atoms with Crippen LogP contribution in [0.15, 0.2) is 61.3 Å². The van der Waals surface area contributed by atoms with E-state index >= 15 is 0 Å². The molecule has 0 fully saturated rings. The summed E-state index contributed by atoms with van der Waals surface area (Å²) in [5, 5.41) is 0. The molecule has 0 atom stereocenters. The average molecular weight is 354 g/mol. The summed E-state index contributed by atoms with van der Waals surface area (Å²) >= 11 is 3.16. The standard InChI is InChI=1S/C14H12BrNO3S/c1-9-8-12(17)13(15)10(2)14(9)16-20(18,19)11-6-4-3-5-7-11/h3-8H,1-2H3. The molecule has 0 N–H and O–H groups in total. The molecule has 0 amide bonds. The van der Waals surface area contributed by atoms with Crippen LogP contribution in [0.3, 0.4) is 0 Å². The Hall–Kier alpha value is -1.53. The Morgan fingerprint density at radius 1 is 1.10 bits per heavy atom. The van der Waals surface area contributed by atoms with E-state index in [1.807, 2.05) is 0 Å². The quantitative estimate of drug-likeness (QED) is 0.767. The molecule has 0 unspecified atom stereocenters. The number of nitrogens with zero attached hydrogens (tertiary/aromatic N) is 1. The molecule has 4 nitrogen and oxygen atoms in total. The van der Waals surface area contributed by atoms with Crippen molar-refractivity contribution in [1.29, 1.82) is 0 Å². The molecule has 6 heteroatoms. The Balaban J connectivity index is 2.56. The van der Waals surface area contributed by atoms with Gasteiger partial charge in [0.05, 0.1) is 15.1 Å². The van der Waals surface area contributed by atoms with Gasteiger partial charge in [-0.25, -0.2) is 0 Å². The molecule has 0 saturated carbocycles. The highest BCUT2D eigenvalue weighted by Gasteiger charge is 2.23. The summed E-state index contributed by atoms with van der Waals surface area (Å²) in [6, 6.07) is 7.98. The zero-order valence-corrected chi connectivity index (χ0v) is 13.3. The third-order valence-electron chi connectivity index (χ3n) is 2.87. The van der Waals surface area contributed by atoms with Crippen molar-refractivity contribution in [3.63, 3.8) is 0 Å². The first-order valence-electron chi connectivity index (χ1n) is 5.82. The lowest BCUT2D eigenvalue weighted by Gasteiger charge is -2.14. The van der Waals surface area contributed by atoms with Gasteiger partial charge in [-0.2, -0.15) is 12.8 Å². The van der Waals surface area contributed by atoms with Crippen LogP contribution in [0.25, 0.3) is 0 Å². The number of rotatable bonds is 2. The second kappa shape index (κ2) is 5.46. The lowest BCUT2D eigenvalue weighted by Crippen LogP contribution is -2.16. The lowest BCUT2D eigenvalue weighted by atomic mass is 9.98. The fourth-order valence-electron chi connectivity index (χ4n) is 1.82. The number of benzene rings is 1. The second-order valence-corrected chi connectivity index (χ2v) is 6.76. The van der Waals surface area contributed by atoms with E-state index in [2.05, 4.69) is 20.3 Å². The smallest absolute Gasteiger partial charge is 0.282 e. The van der Waals surface area contributed by atoms with Gasteiger partial charge < -0.3 is 0 Å². The SMILES string of the molecule is CC1=CC(=O)C(Br)=C(C)C1=NS(=O)(=O)c1ccccc1. The van der Waals surface area contributed by atoms with Gasteiger partial charge in [-0.3, -0.25) is 4.79 Å². The highest BCUT2D eigenvalue weighted by molar-refractivity contribution is 9.12. The number of allylic oxidation sites excluding steroid dienone is 4. The maximum Gasteiger partial charge on any atom is 0.282 e. The topological polar surface area (TPSA) is 63.6 Å². The number of ketones is 1. The highest BCUT2D eigenvalue weighted by atomic mass is 79.9. The number of carbonyl (C=O) groups excluding carboxylic acids is 1. The predicted molar refractivity (Wildman–Crippen MR) is 81.5 cm³/mol. The predicted octanol–water partition coefficient (Wildman–Crippen LogP) is 3.01. The van der Waals surface area contributed by atoms with Gasteiger partial charge in [-0.15, -0.1) is 0 Å². The molecule has 0 radical (unpaired) electrons. The Labute approximate surface area is 126 Å². The molecular formula is C14H12BrNO3S. The van der Waals surface area contributed by atoms with Crippen molar-refractivity contribution in [2.45, 2.75) is 18.7 Å². The van der Waals surface area contributed by atoms with E-state index in [4.69, 9.17) is 0 Å². The third-order valence-corrected chi connectivity index (χ3v) is 5.15. The van der Waals surface area contributed by atoms with Crippen molar-refractivity contribution in [1.82, 2.24) is 0 Å². The van der Waals surface area contributed by atoms with E-state index < -0.39 is 10.0 Å². The third kappa shape index (κ3) is 2.81. The molecule has 0 spiro atoms. The number of hydrogen-bond acceptors (Lipinski definition) is 3. The van der Waals surface area contributed by atoms with E-state index in [9.17, 15) is 13.2 Å². The molecule has 0 heterocycles. The normalized spacial score (nSPS) is 18.4. The van der Waals surface area contributed by atoms with Crippen molar-refractivity contribution in [3.05, 3.63) is 52.0 Å². The van der Waals surface area contributed by atoms with Crippen LogP contribution in [0.4, 0.5) is 0 Å². The van der Waals surface area contributed by atoms with Gasteiger partial charge in [-0.1, -0.05) is 18.2 Å². The Bertz CT molecular complexity index is 759. The van der Waals surface area contributed by atoms with Gasteiger partial charge >= 0.3 is 0 Å². The molecule has 1 aromatic rings. The van der Waals surface area contributed by atoms with Crippen LogP contribution >= 0.6 is 15.9 Å². The van der Waals surface area contributed by atoms with E-state index in [1.54, 1.807) is 32.0 Å². The molecule has 0 bridgehead atoms. The van der Waals surface area contributed by atoms with Crippen LogP contribution in [0, 0.1) is 0 Å². The van der Waals surface area contributed by atoms with Gasteiger partial charge in [0, 0.05) is 0 Å². The highest BCUT2D eigenvalue weighted by Crippen LogP contribution is 2.25. The van der Waals surface area contributed by atoms with Gasteiger partial charge in [0.15, 0.2) is 5.78 Å². The molecule has 1 aliphatic carbocycles. The van der Waals surface area contributed by atoms with E-state index in [1.165, 1.54) is 18.2 Å². The van der Waals surface area contributed by atoms with Gasteiger partial charge in [0.25, 0.3) is 10.0 Å².